The Hall–Kier alpha value is -3.84. The number of aromatic nitrogens is 2. The Bertz CT molecular complexity index is 773. The summed E-state index contributed by atoms with van der Waals surface area (Å²) in [5.41, 5.74) is 10.9. The standard InChI is InChI=1S/2C6H6N2O.4C2H4O2.2Cu/c2*7-6(9)5-1-3-8-4-2-5;4*1-2(3)4;;/h2*1-4H,(H2,7,9);4*1H3,(H,3,4);;/q;;;;;;2*+2/p-4. The Labute approximate surface area is 228 Å². The average molecular weight is 608 g/mol. The van der Waals surface area contributed by atoms with Crippen LogP contribution in [-0.2, 0) is 53.3 Å². The second-order valence-electron chi connectivity index (χ2n) is 5.17. The van der Waals surface area contributed by atoms with E-state index in [4.69, 9.17) is 51.1 Å². The van der Waals surface area contributed by atoms with Crippen LogP contribution in [0.2, 0.25) is 0 Å². The average Bonchev–Trinajstić information content (AvgIpc) is 2.68. The van der Waals surface area contributed by atoms with Gasteiger partial charge >= 0.3 is 34.1 Å². The molecule has 0 saturated heterocycles. The molecule has 2 aromatic heterocycles. The molecule has 0 atom stereocenters. The molecule has 14 nitrogen and oxygen atoms in total. The zero-order valence-electron chi connectivity index (χ0n) is 19.4. The quantitative estimate of drug-likeness (QED) is 0.305. The van der Waals surface area contributed by atoms with E-state index in [2.05, 4.69) is 9.97 Å². The third-order valence-corrected chi connectivity index (χ3v) is 1.93. The molecular weight excluding hydrogens is 583 g/mol. The Balaban J connectivity index is -0.0000000781. The van der Waals surface area contributed by atoms with Crippen LogP contribution in [0.1, 0.15) is 48.4 Å². The number of nitrogens with two attached hydrogens (primary N) is 2. The second kappa shape index (κ2) is 31.2. The Morgan fingerprint density at radius 3 is 0.750 bits per heavy atom. The monoisotopic (exact) mass is 606 g/mol. The first-order valence-electron chi connectivity index (χ1n) is 8.64. The molecule has 0 aliphatic rings. The van der Waals surface area contributed by atoms with Crippen molar-refractivity contribution in [1.29, 1.82) is 0 Å². The van der Waals surface area contributed by atoms with E-state index < -0.39 is 35.7 Å². The summed E-state index contributed by atoms with van der Waals surface area (Å²) in [5.74, 6) is -5.17. The van der Waals surface area contributed by atoms with Gasteiger partial charge < -0.3 is 51.1 Å². The first-order valence-corrected chi connectivity index (χ1v) is 8.64. The second-order valence-corrected chi connectivity index (χ2v) is 5.17. The smallest absolute Gasteiger partial charge is 0.550 e. The molecule has 36 heavy (non-hydrogen) atoms. The number of rotatable bonds is 2. The predicted octanol–water partition coefficient (Wildman–Crippen LogP) is -4.62. The molecule has 0 saturated carbocycles. The van der Waals surface area contributed by atoms with Crippen molar-refractivity contribution < 1.29 is 83.3 Å². The van der Waals surface area contributed by atoms with Crippen LogP contribution >= 0.6 is 0 Å². The van der Waals surface area contributed by atoms with Gasteiger partial charge in [0.1, 0.15) is 0 Å². The summed E-state index contributed by atoms with van der Waals surface area (Å²) in [6.45, 7) is 3.89. The van der Waals surface area contributed by atoms with Crippen molar-refractivity contribution in [3.63, 3.8) is 0 Å². The Morgan fingerprint density at radius 1 is 0.528 bits per heavy atom. The van der Waals surface area contributed by atoms with Crippen molar-refractivity contribution in [2.45, 2.75) is 27.7 Å². The molecule has 0 aliphatic carbocycles. The van der Waals surface area contributed by atoms with E-state index in [0.29, 0.717) is 11.1 Å². The maximum atomic E-state index is 10.4. The van der Waals surface area contributed by atoms with Gasteiger partial charge in [-0.1, -0.05) is 0 Å². The van der Waals surface area contributed by atoms with Gasteiger partial charge in [0, 0.05) is 59.8 Å². The fraction of sp³-hybridized carbons (Fsp3) is 0.200. The predicted molar refractivity (Wildman–Crippen MR) is 108 cm³/mol. The molecule has 4 N–H and O–H groups in total. The molecule has 2 heterocycles. The van der Waals surface area contributed by atoms with Gasteiger partial charge in [0.2, 0.25) is 11.8 Å². The van der Waals surface area contributed by atoms with Gasteiger partial charge in [0.15, 0.2) is 0 Å². The SMILES string of the molecule is CC(=O)[O-].CC(=O)[O-].CC(=O)[O-].CC(=O)[O-].NC(=O)c1ccncc1.NC(=O)c1ccncc1.[Cu+2].[Cu+2]. The molecule has 2 aromatic rings. The molecule has 16 heteroatoms. The summed E-state index contributed by atoms with van der Waals surface area (Å²) in [6, 6.07) is 6.29. The van der Waals surface area contributed by atoms with E-state index in [0.717, 1.165) is 27.7 Å². The van der Waals surface area contributed by atoms with Gasteiger partial charge in [-0.2, -0.15) is 0 Å². The number of aliphatic carboxylic acids is 4. The number of hydrogen-bond acceptors (Lipinski definition) is 12. The summed E-state index contributed by atoms with van der Waals surface area (Å²) in [6.07, 6.45) is 6.11. The van der Waals surface area contributed by atoms with E-state index in [1.165, 1.54) is 24.8 Å². The summed E-state index contributed by atoms with van der Waals surface area (Å²) in [4.78, 5) is 63.8. The van der Waals surface area contributed by atoms with Crippen molar-refractivity contribution in [1.82, 2.24) is 9.97 Å². The molecule has 0 unspecified atom stereocenters. The van der Waals surface area contributed by atoms with Crippen LogP contribution in [-0.4, -0.2) is 45.7 Å². The number of amides is 2. The molecule has 0 aliphatic heterocycles. The van der Waals surface area contributed by atoms with Crippen LogP contribution in [0.5, 0.6) is 0 Å². The van der Waals surface area contributed by atoms with E-state index in [1.54, 1.807) is 24.3 Å². The minimum atomic E-state index is -1.08. The number of carbonyl (C=O) groups is 6. The van der Waals surface area contributed by atoms with Crippen molar-refractivity contribution in [2.75, 3.05) is 0 Å². The topological polar surface area (TPSA) is 272 Å². The van der Waals surface area contributed by atoms with Crippen LogP contribution in [0, 0.1) is 0 Å². The Kier molecular flexibility index (Phi) is 39.5. The summed E-state index contributed by atoms with van der Waals surface area (Å²) < 4.78 is 0. The van der Waals surface area contributed by atoms with Crippen LogP contribution in [0.4, 0.5) is 0 Å². The summed E-state index contributed by atoms with van der Waals surface area (Å²) >= 11 is 0. The number of hydrogen-bond donors (Lipinski definition) is 2. The van der Waals surface area contributed by atoms with Gasteiger partial charge in [0.25, 0.3) is 0 Å². The van der Waals surface area contributed by atoms with E-state index >= 15 is 0 Å². The number of carbonyl (C=O) groups excluding carboxylic acids is 6. The van der Waals surface area contributed by atoms with Gasteiger partial charge in [-0.05, 0) is 52.0 Å². The fourth-order valence-corrected chi connectivity index (χ4v) is 1.03. The zero-order chi connectivity index (χ0) is 27.7. The minimum absolute atomic E-state index is 0. The minimum Gasteiger partial charge on any atom is -0.550 e. The molecule has 0 aromatic carbocycles. The maximum absolute atomic E-state index is 10.4. The molecule has 2 radical (unpaired) electrons. The first kappa shape index (κ1) is 45.6. The largest absolute Gasteiger partial charge is 2.00 e. The molecule has 0 spiro atoms. The first-order chi connectivity index (χ1) is 15.5. The van der Waals surface area contributed by atoms with Crippen molar-refractivity contribution in [2.24, 2.45) is 11.5 Å². The summed E-state index contributed by atoms with van der Waals surface area (Å²) in [5, 5.41) is 35.6. The van der Waals surface area contributed by atoms with E-state index in [-0.39, 0.29) is 34.1 Å². The number of primary amides is 2. The van der Waals surface area contributed by atoms with Crippen molar-refractivity contribution in [3.8, 4) is 0 Å². The molecule has 0 fully saturated rings. The zero-order valence-corrected chi connectivity index (χ0v) is 21.2. The van der Waals surface area contributed by atoms with Gasteiger partial charge in [-0.3, -0.25) is 19.6 Å². The molecule has 2 amide bonds. The van der Waals surface area contributed by atoms with Crippen molar-refractivity contribution in [3.05, 3.63) is 60.2 Å². The Morgan fingerprint density at radius 2 is 0.667 bits per heavy atom. The third kappa shape index (κ3) is 63.1. The van der Waals surface area contributed by atoms with Crippen molar-refractivity contribution >= 4 is 35.7 Å². The number of pyridine rings is 2. The summed E-state index contributed by atoms with van der Waals surface area (Å²) in [7, 11) is 0. The van der Waals surface area contributed by atoms with E-state index in [1.807, 2.05) is 0 Å². The van der Waals surface area contributed by atoms with Gasteiger partial charge in [-0.15, -0.1) is 0 Å². The number of nitrogens with zero attached hydrogens (tertiary/aromatic N) is 2. The van der Waals surface area contributed by atoms with Crippen LogP contribution in [0.15, 0.2) is 49.1 Å². The van der Waals surface area contributed by atoms with E-state index in [9.17, 15) is 9.59 Å². The molecule has 2 rings (SSSR count). The molecule has 0 bridgehead atoms. The third-order valence-electron chi connectivity index (χ3n) is 1.93. The van der Waals surface area contributed by atoms with Gasteiger partial charge in [-0.25, -0.2) is 0 Å². The number of carboxylic acids is 4. The molecule has 206 valence electrons. The number of carboxylic acid groups (broad SMARTS) is 4. The normalized spacial score (nSPS) is 7.22. The van der Waals surface area contributed by atoms with Crippen LogP contribution in [0.3, 0.4) is 0 Å². The molecular formula is C20H24Cu2N4O10. The maximum Gasteiger partial charge on any atom is 2.00 e. The van der Waals surface area contributed by atoms with Crippen LogP contribution < -0.4 is 31.9 Å². The van der Waals surface area contributed by atoms with Crippen LogP contribution in [0.25, 0.3) is 0 Å². The fourth-order valence-electron chi connectivity index (χ4n) is 1.03. The van der Waals surface area contributed by atoms with Gasteiger partial charge in [0.05, 0.1) is 0 Å².